The van der Waals surface area contributed by atoms with Crippen LogP contribution in [0, 0.1) is 5.92 Å². The van der Waals surface area contributed by atoms with Gasteiger partial charge in [0.25, 0.3) is 0 Å². The van der Waals surface area contributed by atoms with E-state index in [0.29, 0.717) is 18.9 Å². The summed E-state index contributed by atoms with van der Waals surface area (Å²) in [5.41, 5.74) is 0. The van der Waals surface area contributed by atoms with E-state index in [1.165, 1.54) is 12.8 Å². The molecule has 0 radical (unpaired) electrons. The third kappa shape index (κ3) is 2.99. The summed E-state index contributed by atoms with van der Waals surface area (Å²) >= 11 is 0. The average molecular weight is 238 g/mol. The Bertz CT molecular complexity index is 298. The van der Waals surface area contributed by atoms with Gasteiger partial charge >= 0.3 is 0 Å². The van der Waals surface area contributed by atoms with Crippen LogP contribution in [0.15, 0.2) is 0 Å². The molecule has 1 aliphatic heterocycles. The molecule has 17 heavy (non-hydrogen) atoms. The minimum absolute atomic E-state index is 0.0881. The summed E-state index contributed by atoms with van der Waals surface area (Å²) in [5, 5.41) is 2.97. The van der Waals surface area contributed by atoms with Gasteiger partial charge < -0.3 is 10.2 Å². The fourth-order valence-electron chi connectivity index (χ4n) is 2.84. The fourth-order valence-corrected chi connectivity index (χ4v) is 2.84. The van der Waals surface area contributed by atoms with Gasteiger partial charge in [-0.1, -0.05) is 19.8 Å². The number of hydrogen-bond acceptors (Lipinski definition) is 2. The summed E-state index contributed by atoms with van der Waals surface area (Å²) in [6.07, 6.45) is 5.93. The van der Waals surface area contributed by atoms with Gasteiger partial charge in [0, 0.05) is 31.5 Å². The third-order valence-corrected chi connectivity index (χ3v) is 3.89. The molecule has 1 saturated heterocycles. The molecule has 0 bridgehead atoms. The molecule has 2 rings (SSSR count). The minimum Gasteiger partial charge on any atom is -0.352 e. The van der Waals surface area contributed by atoms with Gasteiger partial charge in [0.05, 0.1) is 0 Å². The Morgan fingerprint density at radius 1 is 1.24 bits per heavy atom. The quantitative estimate of drug-likeness (QED) is 0.805. The maximum atomic E-state index is 12.2. The van der Waals surface area contributed by atoms with E-state index < -0.39 is 0 Å². The van der Waals surface area contributed by atoms with Crippen molar-refractivity contribution in [2.75, 3.05) is 13.1 Å². The second-order valence-corrected chi connectivity index (χ2v) is 5.17. The summed E-state index contributed by atoms with van der Waals surface area (Å²) in [6.45, 7) is 3.37. The topological polar surface area (TPSA) is 49.4 Å². The Balaban J connectivity index is 1.80. The van der Waals surface area contributed by atoms with E-state index in [2.05, 4.69) is 5.32 Å². The van der Waals surface area contributed by atoms with Crippen LogP contribution >= 0.6 is 0 Å². The molecule has 4 nitrogen and oxygen atoms in total. The van der Waals surface area contributed by atoms with E-state index in [4.69, 9.17) is 0 Å². The lowest BCUT2D eigenvalue weighted by Crippen LogP contribution is -2.39. The summed E-state index contributed by atoms with van der Waals surface area (Å²) < 4.78 is 0. The normalized spacial score (nSPS) is 25.2. The Labute approximate surface area is 103 Å². The first-order chi connectivity index (χ1) is 8.20. The first kappa shape index (κ1) is 12.4. The van der Waals surface area contributed by atoms with Gasteiger partial charge in [0.1, 0.15) is 0 Å². The Hall–Kier alpha value is -1.06. The highest BCUT2D eigenvalue weighted by molar-refractivity contribution is 5.80. The van der Waals surface area contributed by atoms with Crippen molar-refractivity contribution in [3.8, 4) is 0 Å². The molecule has 0 unspecified atom stereocenters. The predicted octanol–water partition coefficient (Wildman–Crippen LogP) is 1.30. The molecule has 1 aliphatic carbocycles. The molecule has 0 aromatic heterocycles. The van der Waals surface area contributed by atoms with Crippen molar-refractivity contribution in [1.29, 1.82) is 0 Å². The van der Waals surface area contributed by atoms with Crippen LogP contribution in [-0.2, 0) is 9.59 Å². The van der Waals surface area contributed by atoms with E-state index in [1.807, 2.05) is 11.8 Å². The van der Waals surface area contributed by atoms with Gasteiger partial charge in [-0.05, 0) is 19.3 Å². The number of likely N-dealkylation sites (tertiary alicyclic amines) is 1. The number of carbonyl (C=O) groups is 2. The molecular weight excluding hydrogens is 216 g/mol. The molecule has 4 heteroatoms. The summed E-state index contributed by atoms with van der Waals surface area (Å²) in [7, 11) is 0. The summed E-state index contributed by atoms with van der Waals surface area (Å²) in [4.78, 5) is 25.4. The van der Waals surface area contributed by atoms with Crippen molar-refractivity contribution < 1.29 is 9.59 Å². The van der Waals surface area contributed by atoms with Gasteiger partial charge in [-0.25, -0.2) is 0 Å². The Kier molecular flexibility index (Phi) is 4.02. The maximum Gasteiger partial charge on any atom is 0.225 e. The van der Waals surface area contributed by atoms with E-state index >= 15 is 0 Å². The van der Waals surface area contributed by atoms with E-state index in [1.54, 1.807) is 0 Å². The number of carbonyl (C=O) groups excluding carboxylic acids is 2. The van der Waals surface area contributed by atoms with Gasteiger partial charge in [-0.15, -0.1) is 0 Å². The predicted molar refractivity (Wildman–Crippen MR) is 65.4 cm³/mol. The smallest absolute Gasteiger partial charge is 0.225 e. The molecule has 0 aromatic rings. The molecular formula is C13H22N2O2. The lowest BCUT2D eigenvalue weighted by molar-refractivity contribution is -0.134. The Morgan fingerprint density at radius 3 is 2.59 bits per heavy atom. The zero-order valence-corrected chi connectivity index (χ0v) is 10.6. The van der Waals surface area contributed by atoms with Crippen LogP contribution in [0.3, 0.4) is 0 Å². The molecule has 1 atom stereocenters. The highest BCUT2D eigenvalue weighted by Crippen LogP contribution is 2.27. The lowest BCUT2D eigenvalue weighted by Gasteiger charge is -2.20. The SMILES string of the molecule is CCC(=O)N[C@H]1CCN(C(=O)C2CCCC2)C1. The van der Waals surface area contributed by atoms with Crippen LogP contribution in [0.2, 0.25) is 0 Å². The summed E-state index contributed by atoms with van der Waals surface area (Å²) in [5.74, 6) is 0.663. The molecule has 2 amide bonds. The number of hydrogen-bond donors (Lipinski definition) is 1. The summed E-state index contributed by atoms with van der Waals surface area (Å²) in [6, 6.07) is 0.174. The van der Waals surface area contributed by atoms with E-state index in [0.717, 1.165) is 25.8 Å². The second kappa shape index (κ2) is 5.52. The van der Waals surface area contributed by atoms with Crippen molar-refractivity contribution in [3.05, 3.63) is 0 Å². The highest BCUT2D eigenvalue weighted by atomic mass is 16.2. The maximum absolute atomic E-state index is 12.2. The van der Waals surface area contributed by atoms with Crippen molar-refractivity contribution in [2.24, 2.45) is 5.92 Å². The van der Waals surface area contributed by atoms with E-state index in [-0.39, 0.29) is 17.9 Å². The standard InChI is InChI=1S/C13H22N2O2/c1-2-12(16)14-11-7-8-15(9-11)13(17)10-5-3-4-6-10/h10-11H,2-9H2,1H3,(H,14,16)/t11-/m0/s1. The molecule has 2 fully saturated rings. The molecule has 1 N–H and O–H groups in total. The second-order valence-electron chi connectivity index (χ2n) is 5.17. The van der Waals surface area contributed by atoms with Crippen molar-refractivity contribution >= 4 is 11.8 Å². The van der Waals surface area contributed by atoms with Gasteiger partial charge in [0.15, 0.2) is 0 Å². The number of nitrogens with one attached hydrogen (secondary N) is 1. The Morgan fingerprint density at radius 2 is 1.94 bits per heavy atom. The van der Waals surface area contributed by atoms with Crippen LogP contribution < -0.4 is 5.32 Å². The monoisotopic (exact) mass is 238 g/mol. The highest BCUT2D eigenvalue weighted by Gasteiger charge is 2.32. The van der Waals surface area contributed by atoms with Crippen LogP contribution in [0.1, 0.15) is 45.4 Å². The van der Waals surface area contributed by atoms with Crippen LogP contribution in [0.25, 0.3) is 0 Å². The van der Waals surface area contributed by atoms with E-state index in [9.17, 15) is 9.59 Å². The van der Waals surface area contributed by atoms with Gasteiger partial charge in [-0.2, -0.15) is 0 Å². The van der Waals surface area contributed by atoms with Gasteiger partial charge in [-0.3, -0.25) is 9.59 Å². The van der Waals surface area contributed by atoms with Crippen LogP contribution in [-0.4, -0.2) is 35.8 Å². The first-order valence-corrected chi connectivity index (χ1v) is 6.79. The average Bonchev–Trinajstić information content (AvgIpc) is 2.98. The van der Waals surface area contributed by atoms with Crippen molar-refractivity contribution in [1.82, 2.24) is 10.2 Å². The molecule has 1 heterocycles. The molecule has 0 aromatic carbocycles. The zero-order chi connectivity index (χ0) is 12.3. The molecule has 0 spiro atoms. The first-order valence-electron chi connectivity index (χ1n) is 6.79. The zero-order valence-electron chi connectivity index (χ0n) is 10.6. The van der Waals surface area contributed by atoms with Crippen molar-refractivity contribution in [3.63, 3.8) is 0 Å². The van der Waals surface area contributed by atoms with Gasteiger partial charge in [0.2, 0.25) is 11.8 Å². The molecule has 96 valence electrons. The molecule has 1 saturated carbocycles. The van der Waals surface area contributed by atoms with Crippen LogP contribution in [0.4, 0.5) is 0 Å². The van der Waals surface area contributed by atoms with Crippen LogP contribution in [0.5, 0.6) is 0 Å². The number of nitrogens with zero attached hydrogens (tertiary/aromatic N) is 1. The minimum atomic E-state index is 0.0881. The molecule has 2 aliphatic rings. The lowest BCUT2D eigenvalue weighted by atomic mass is 10.1. The fraction of sp³-hybridized carbons (Fsp3) is 0.846. The third-order valence-electron chi connectivity index (χ3n) is 3.89. The van der Waals surface area contributed by atoms with Crippen molar-refractivity contribution in [2.45, 2.75) is 51.5 Å². The number of rotatable bonds is 3. The number of amides is 2. The largest absolute Gasteiger partial charge is 0.352 e.